The maximum absolute atomic E-state index is 12.5. The van der Waals surface area contributed by atoms with Crippen LogP contribution >= 0.6 is 0 Å². The maximum atomic E-state index is 12.5. The molecular weight excluding hydrogens is 440 g/mol. The van der Waals surface area contributed by atoms with Crippen LogP contribution in [0.3, 0.4) is 0 Å². The van der Waals surface area contributed by atoms with Crippen LogP contribution in [0.1, 0.15) is 12.0 Å². The summed E-state index contributed by atoms with van der Waals surface area (Å²) in [5.74, 6) is -1.05. The standard InChI is InChI=1S/C24H18N4O6/c29-23(34-22-13-12-20(27(30)31)15-21(22)28(32)33)14-11-18-16-26(19-9-5-2-6-10-19)25-24(18)17-7-3-1-4-8-17/h1-10,12-13,15-16H,11,14H2. The minimum atomic E-state index is -0.826. The Morgan fingerprint density at radius 3 is 2.24 bits per heavy atom. The van der Waals surface area contributed by atoms with E-state index in [4.69, 9.17) is 4.74 Å². The first-order valence-electron chi connectivity index (χ1n) is 10.3. The lowest BCUT2D eigenvalue weighted by Gasteiger charge is -2.05. The van der Waals surface area contributed by atoms with E-state index in [2.05, 4.69) is 5.10 Å². The molecule has 0 saturated carbocycles. The molecular formula is C24H18N4O6. The van der Waals surface area contributed by atoms with Crippen LogP contribution in [0.15, 0.2) is 85.1 Å². The van der Waals surface area contributed by atoms with E-state index in [0.29, 0.717) is 5.69 Å². The van der Waals surface area contributed by atoms with Crippen molar-refractivity contribution in [1.29, 1.82) is 0 Å². The van der Waals surface area contributed by atoms with Crippen molar-refractivity contribution in [2.24, 2.45) is 0 Å². The number of nitrogens with zero attached hydrogens (tertiary/aromatic N) is 4. The normalized spacial score (nSPS) is 10.6. The number of para-hydroxylation sites is 1. The van der Waals surface area contributed by atoms with Gasteiger partial charge >= 0.3 is 11.7 Å². The van der Waals surface area contributed by atoms with E-state index in [1.54, 1.807) is 4.68 Å². The fourth-order valence-electron chi connectivity index (χ4n) is 3.40. The maximum Gasteiger partial charge on any atom is 0.318 e. The molecule has 0 radical (unpaired) electrons. The van der Waals surface area contributed by atoms with Crippen molar-refractivity contribution in [1.82, 2.24) is 9.78 Å². The molecule has 4 rings (SSSR count). The van der Waals surface area contributed by atoms with Crippen LogP contribution in [0.2, 0.25) is 0 Å². The zero-order valence-corrected chi connectivity index (χ0v) is 17.7. The van der Waals surface area contributed by atoms with Gasteiger partial charge in [-0.05, 0) is 30.2 Å². The first kappa shape index (κ1) is 22.3. The highest BCUT2D eigenvalue weighted by Gasteiger charge is 2.23. The van der Waals surface area contributed by atoms with Gasteiger partial charge in [0.05, 0.1) is 33.7 Å². The van der Waals surface area contributed by atoms with E-state index in [1.165, 1.54) is 0 Å². The number of nitro benzene ring substituents is 2. The molecule has 10 nitrogen and oxygen atoms in total. The fourth-order valence-corrected chi connectivity index (χ4v) is 3.40. The van der Waals surface area contributed by atoms with E-state index in [-0.39, 0.29) is 18.6 Å². The number of non-ortho nitro benzene ring substituents is 1. The lowest BCUT2D eigenvalue weighted by molar-refractivity contribution is -0.394. The van der Waals surface area contributed by atoms with Gasteiger partial charge in [-0.15, -0.1) is 0 Å². The van der Waals surface area contributed by atoms with E-state index in [0.717, 1.165) is 35.0 Å². The van der Waals surface area contributed by atoms with Crippen molar-refractivity contribution in [3.63, 3.8) is 0 Å². The SMILES string of the molecule is O=C(CCc1cn(-c2ccccc2)nc1-c1ccccc1)Oc1ccc([N+](=O)[O-])cc1[N+](=O)[O-]. The van der Waals surface area contributed by atoms with E-state index >= 15 is 0 Å². The summed E-state index contributed by atoms with van der Waals surface area (Å²) in [4.78, 5) is 33.1. The second-order valence-electron chi connectivity index (χ2n) is 7.29. The second-order valence-corrected chi connectivity index (χ2v) is 7.29. The number of ether oxygens (including phenoxy) is 1. The molecule has 0 saturated heterocycles. The zero-order valence-electron chi connectivity index (χ0n) is 17.7. The lowest BCUT2D eigenvalue weighted by Crippen LogP contribution is -2.10. The molecule has 1 heterocycles. The van der Waals surface area contributed by atoms with Gasteiger partial charge in [-0.3, -0.25) is 25.0 Å². The predicted octanol–water partition coefficient (Wildman–Crippen LogP) is 4.89. The summed E-state index contributed by atoms with van der Waals surface area (Å²) in [5.41, 5.74) is 2.13. The van der Waals surface area contributed by atoms with Crippen LogP contribution in [0.4, 0.5) is 11.4 Å². The van der Waals surface area contributed by atoms with E-state index in [9.17, 15) is 25.0 Å². The number of hydrogen-bond donors (Lipinski definition) is 0. The van der Waals surface area contributed by atoms with Crippen LogP contribution in [-0.4, -0.2) is 25.6 Å². The van der Waals surface area contributed by atoms with Gasteiger partial charge in [-0.1, -0.05) is 48.5 Å². The molecule has 1 aromatic heterocycles. The molecule has 10 heteroatoms. The van der Waals surface area contributed by atoms with Crippen LogP contribution < -0.4 is 4.74 Å². The number of rotatable bonds is 8. The second kappa shape index (κ2) is 9.74. The summed E-state index contributed by atoms with van der Waals surface area (Å²) in [7, 11) is 0. The Balaban J connectivity index is 1.55. The zero-order chi connectivity index (χ0) is 24.1. The average molecular weight is 458 g/mol. The minimum Gasteiger partial charge on any atom is -0.419 e. The molecule has 0 bridgehead atoms. The Labute approximate surface area is 193 Å². The summed E-state index contributed by atoms with van der Waals surface area (Å²) in [6.45, 7) is 0. The Morgan fingerprint density at radius 2 is 1.59 bits per heavy atom. The van der Waals surface area contributed by atoms with Crippen molar-refractivity contribution in [3.8, 4) is 22.7 Å². The molecule has 0 spiro atoms. The molecule has 0 unspecified atom stereocenters. The first-order chi connectivity index (χ1) is 16.4. The summed E-state index contributed by atoms with van der Waals surface area (Å²) < 4.78 is 6.90. The molecule has 170 valence electrons. The Kier molecular flexibility index (Phi) is 6.40. The van der Waals surface area contributed by atoms with Crippen LogP contribution in [0.5, 0.6) is 5.75 Å². The number of esters is 1. The van der Waals surface area contributed by atoms with Gasteiger partial charge in [-0.2, -0.15) is 5.10 Å². The molecule has 0 N–H and O–H groups in total. The van der Waals surface area contributed by atoms with Crippen molar-refractivity contribution in [2.75, 3.05) is 0 Å². The Morgan fingerprint density at radius 1 is 0.912 bits per heavy atom. The molecule has 0 atom stereocenters. The third-order valence-corrected chi connectivity index (χ3v) is 5.03. The van der Waals surface area contributed by atoms with Gasteiger partial charge in [0.15, 0.2) is 0 Å². The van der Waals surface area contributed by atoms with Crippen LogP contribution in [0, 0.1) is 20.2 Å². The van der Waals surface area contributed by atoms with Gasteiger partial charge in [0.25, 0.3) is 5.69 Å². The predicted molar refractivity (Wildman–Crippen MR) is 123 cm³/mol. The lowest BCUT2D eigenvalue weighted by atomic mass is 10.0. The number of aromatic nitrogens is 2. The van der Waals surface area contributed by atoms with Crippen LogP contribution in [0.25, 0.3) is 16.9 Å². The Hall–Kier alpha value is -4.86. The highest BCUT2D eigenvalue weighted by molar-refractivity contribution is 5.75. The Bertz CT molecular complexity index is 1350. The quantitative estimate of drug-likeness (QED) is 0.159. The summed E-state index contributed by atoms with van der Waals surface area (Å²) in [6.07, 6.45) is 2.03. The number of carbonyl (C=O) groups excluding carboxylic acids is 1. The van der Waals surface area contributed by atoms with Crippen molar-refractivity contribution < 1.29 is 19.4 Å². The summed E-state index contributed by atoms with van der Waals surface area (Å²) in [5, 5.41) is 26.9. The number of aryl methyl sites for hydroxylation is 1. The number of carbonyl (C=O) groups is 1. The molecule has 0 amide bonds. The average Bonchev–Trinajstić information content (AvgIpc) is 3.28. The van der Waals surface area contributed by atoms with Crippen molar-refractivity contribution in [2.45, 2.75) is 12.8 Å². The monoisotopic (exact) mass is 458 g/mol. The van der Waals surface area contributed by atoms with Gasteiger partial charge < -0.3 is 4.74 Å². The van der Waals surface area contributed by atoms with Gasteiger partial charge in [0, 0.05) is 17.8 Å². The molecule has 3 aromatic carbocycles. The van der Waals surface area contributed by atoms with Crippen LogP contribution in [-0.2, 0) is 11.2 Å². The fraction of sp³-hybridized carbons (Fsp3) is 0.0833. The minimum absolute atomic E-state index is 0.0749. The van der Waals surface area contributed by atoms with E-state index < -0.39 is 27.2 Å². The number of benzene rings is 3. The molecule has 34 heavy (non-hydrogen) atoms. The third-order valence-electron chi connectivity index (χ3n) is 5.03. The van der Waals surface area contributed by atoms with Gasteiger partial charge in [0.1, 0.15) is 0 Å². The topological polar surface area (TPSA) is 130 Å². The largest absolute Gasteiger partial charge is 0.419 e. The smallest absolute Gasteiger partial charge is 0.318 e. The van der Waals surface area contributed by atoms with Gasteiger partial charge in [0.2, 0.25) is 5.75 Å². The summed E-state index contributed by atoms with van der Waals surface area (Å²) >= 11 is 0. The van der Waals surface area contributed by atoms with E-state index in [1.807, 2.05) is 66.9 Å². The molecule has 0 aliphatic heterocycles. The number of nitro groups is 2. The van der Waals surface area contributed by atoms with Gasteiger partial charge in [-0.25, -0.2) is 4.68 Å². The molecule has 0 aliphatic carbocycles. The first-order valence-corrected chi connectivity index (χ1v) is 10.3. The van der Waals surface area contributed by atoms with Crippen molar-refractivity contribution in [3.05, 3.63) is 111 Å². The molecule has 0 aliphatic rings. The molecule has 0 fully saturated rings. The van der Waals surface area contributed by atoms with Crippen molar-refractivity contribution >= 4 is 17.3 Å². The summed E-state index contributed by atoms with van der Waals surface area (Å²) in [6, 6.07) is 21.9. The highest BCUT2D eigenvalue weighted by atomic mass is 16.6. The molecule has 4 aromatic rings. The number of hydrogen-bond acceptors (Lipinski definition) is 7. The third kappa shape index (κ3) is 4.96. The highest BCUT2D eigenvalue weighted by Crippen LogP contribution is 2.31.